The van der Waals surface area contributed by atoms with Crippen LogP contribution in [0.4, 0.5) is 0 Å². The van der Waals surface area contributed by atoms with Crippen LogP contribution in [0.2, 0.25) is 0 Å². The van der Waals surface area contributed by atoms with Gasteiger partial charge in [-0.3, -0.25) is 4.18 Å². The van der Waals surface area contributed by atoms with Crippen molar-refractivity contribution in [2.75, 3.05) is 6.79 Å². The summed E-state index contributed by atoms with van der Waals surface area (Å²) in [5.74, 6) is -0.411. The molecule has 0 bridgehead atoms. The second-order valence-corrected chi connectivity index (χ2v) is 7.91. The van der Waals surface area contributed by atoms with Crippen molar-refractivity contribution >= 4 is 18.0 Å². The van der Waals surface area contributed by atoms with Gasteiger partial charge in [0.1, 0.15) is 4.75 Å². The molecule has 0 amide bonds. The molecule has 31 heavy (non-hydrogen) atoms. The zero-order valence-electron chi connectivity index (χ0n) is 16.9. The number of hydrogen-bond donors (Lipinski definition) is 0. The van der Waals surface area contributed by atoms with Crippen LogP contribution in [0.25, 0.3) is 0 Å². The predicted molar refractivity (Wildman–Crippen MR) is 125 cm³/mol. The smallest absolute Gasteiger partial charge is 0.340 e. The molecule has 0 N–H and O–H groups in total. The lowest BCUT2D eigenvalue weighted by molar-refractivity contribution is 0.0208. The van der Waals surface area contributed by atoms with E-state index in [1.165, 1.54) is 12.0 Å². The number of carbonyl (C=O) groups is 1. The molecule has 0 fully saturated rings. The Balaban J connectivity index is 1.63. The summed E-state index contributed by atoms with van der Waals surface area (Å²) in [4.78, 5) is 12.3. The Morgan fingerprint density at radius 1 is 0.613 bits per heavy atom. The fraction of sp³-hybridized carbons (Fsp3) is 0.0741. The summed E-state index contributed by atoms with van der Waals surface area (Å²) in [6.45, 7) is -0.160. The van der Waals surface area contributed by atoms with Gasteiger partial charge in [-0.1, -0.05) is 109 Å². The van der Waals surface area contributed by atoms with E-state index in [2.05, 4.69) is 36.4 Å². The van der Waals surface area contributed by atoms with E-state index in [-0.39, 0.29) is 6.79 Å². The maximum atomic E-state index is 12.3. The fourth-order valence-corrected chi connectivity index (χ4v) is 4.48. The van der Waals surface area contributed by atoms with E-state index in [0.29, 0.717) is 5.56 Å². The molecular weight excluding hydrogens is 404 g/mol. The van der Waals surface area contributed by atoms with Gasteiger partial charge in [0.25, 0.3) is 0 Å². The highest BCUT2D eigenvalue weighted by atomic mass is 32.2. The first kappa shape index (κ1) is 20.9. The van der Waals surface area contributed by atoms with E-state index in [4.69, 9.17) is 8.92 Å². The Labute approximate surface area is 186 Å². The van der Waals surface area contributed by atoms with Gasteiger partial charge in [-0.05, 0) is 28.8 Å². The van der Waals surface area contributed by atoms with Crippen molar-refractivity contribution in [1.82, 2.24) is 0 Å². The third kappa shape index (κ3) is 4.71. The second kappa shape index (κ2) is 10.1. The van der Waals surface area contributed by atoms with Gasteiger partial charge in [0, 0.05) is 12.0 Å². The van der Waals surface area contributed by atoms with E-state index in [9.17, 15) is 4.79 Å². The van der Waals surface area contributed by atoms with Gasteiger partial charge >= 0.3 is 5.97 Å². The first-order chi connectivity index (χ1) is 15.3. The Morgan fingerprint density at radius 3 is 1.42 bits per heavy atom. The van der Waals surface area contributed by atoms with Crippen molar-refractivity contribution in [2.24, 2.45) is 0 Å². The quantitative estimate of drug-likeness (QED) is 0.107. The Bertz CT molecular complexity index is 988. The summed E-state index contributed by atoms with van der Waals surface area (Å²) >= 11 is 1.29. The number of rotatable bonds is 8. The maximum Gasteiger partial charge on any atom is 0.340 e. The SMILES string of the molecule is O=C(OCOSC(c1ccccc1)(c1ccccc1)c1ccccc1)c1ccccc1. The third-order valence-electron chi connectivity index (χ3n) is 4.97. The van der Waals surface area contributed by atoms with E-state index in [1.807, 2.05) is 60.7 Å². The van der Waals surface area contributed by atoms with Gasteiger partial charge in [-0.25, -0.2) is 4.79 Å². The molecule has 0 atom stereocenters. The van der Waals surface area contributed by atoms with Crippen LogP contribution in [0.1, 0.15) is 27.0 Å². The zero-order valence-corrected chi connectivity index (χ0v) is 17.7. The summed E-state index contributed by atoms with van der Waals surface area (Å²) < 4.78 is 10.7. The minimum absolute atomic E-state index is 0.160. The van der Waals surface area contributed by atoms with Crippen LogP contribution in [0.15, 0.2) is 121 Å². The van der Waals surface area contributed by atoms with Crippen molar-refractivity contribution in [3.63, 3.8) is 0 Å². The molecule has 0 aliphatic carbocycles. The zero-order chi connectivity index (χ0) is 21.4. The van der Waals surface area contributed by atoms with Gasteiger partial charge < -0.3 is 4.74 Å². The van der Waals surface area contributed by atoms with Crippen LogP contribution in [-0.2, 0) is 13.7 Å². The van der Waals surface area contributed by atoms with Gasteiger partial charge in [0.05, 0.1) is 5.56 Å². The minimum Gasteiger partial charge on any atom is -0.434 e. The summed E-state index contributed by atoms with van der Waals surface area (Å²) in [5, 5.41) is 0. The highest BCUT2D eigenvalue weighted by Gasteiger charge is 2.38. The summed E-state index contributed by atoms with van der Waals surface area (Å²) in [5.41, 5.74) is 3.72. The number of carbonyl (C=O) groups excluding carboxylic acids is 1. The molecule has 0 heterocycles. The van der Waals surface area contributed by atoms with Gasteiger partial charge in [0.2, 0.25) is 6.79 Å². The fourth-order valence-electron chi connectivity index (χ4n) is 3.51. The van der Waals surface area contributed by atoms with Crippen molar-refractivity contribution in [3.05, 3.63) is 144 Å². The molecule has 4 heteroatoms. The highest BCUT2D eigenvalue weighted by Crippen LogP contribution is 2.48. The van der Waals surface area contributed by atoms with Crippen LogP contribution < -0.4 is 0 Å². The lowest BCUT2D eigenvalue weighted by Gasteiger charge is -2.34. The molecule has 0 aromatic heterocycles. The molecule has 0 spiro atoms. The van der Waals surface area contributed by atoms with Crippen LogP contribution in [0, 0.1) is 0 Å². The first-order valence-electron chi connectivity index (χ1n) is 10.00. The lowest BCUT2D eigenvalue weighted by Crippen LogP contribution is -2.26. The average Bonchev–Trinajstić information content (AvgIpc) is 2.86. The van der Waals surface area contributed by atoms with E-state index in [0.717, 1.165) is 16.7 Å². The molecule has 0 saturated heterocycles. The molecule has 4 aromatic carbocycles. The highest BCUT2D eigenvalue weighted by molar-refractivity contribution is 7.96. The Hall–Kier alpha value is -3.34. The van der Waals surface area contributed by atoms with E-state index in [1.54, 1.807) is 24.3 Å². The molecule has 0 aliphatic rings. The Morgan fingerprint density at radius 2 is 1.00 bits per heavy atom. The summed E-state index contributed by atoms with van der Waals surface area (Å²) in [6.07, 6.45) is 0. The van der Waals surface area contributed by atoms with E-state index >= 15 is 0 Å². The van der Waals surface area contributed by atoms with Crippen molar-refractivity contribution in [1.29, 1.82) is 0 Å². The second-order valence-electron chi connectivity index (χ2n) is 6.90. The molecule has 4 aromatic rings. The maximum absolute atomic E-state index is 12.3. The van der Waals surface area contributed by atoms with Crippen LogP contribution in [-0.4, -0.2) is 12.8 Å². The summed E-state index contributed by atoms with van der Waals surface area (Å²) in [7, 11) is 0. The molecule has 154 valence electrons. The summed E-state index contributed by atoms with van der Waals surface area (Å²) in [6, 6.07) is 39.6. The molecule has 4 rings (SSSR count). The number of hydrogen-bond acceptors (Lipinski definition) is 4. The number of benzene rings is 4. The van der Waals surface area contributed by atoms with Gasteiger partial charge in [-0.2, -0.15) is 0 Å². The number of esters is 1. The van der Waals surface area contributed by atoms with E-state index < -0.39 is 10.7 Å². The number of ether oxygens (including phenoxy) is 1. The molecule has 0 aliphatic heterocycles. The van der Waals surface area contributed by atoms with Gasteiger partial charge in [0.15, 0.2) is 0 Å². The molecule has 0 radical (unpaired) electrons. The monoisotopic (exact) mass is 426 g/mol. The van der Waals surface area contributed by atoms with Crippen LogP contribution in [0.5, 0.6) is 0 Å². The predicted octanol–water partition coefficient (Wildman–Crippen LogP) is 6.46. The molecule has 0 saturated carbocycles. The normalized spacial score (nSPS) is 11.1. The topological polar surface area (TPSA) is 35.5 Å². The van der Waals surface area contributed by atoms with Crippen LogP contribution in [0.3, 0.4) is 0 Å². The largest absolute Gasteiger partial charge is 0.434 e. The molecule has 0 unspecified atom stereocenters. The lowest BCUT2D eigenvalue weighted by atomic mass is 9.84. The minimum atomic E-state index is -0.622. The van der Waals surface area contributed by atoms with Gasteiger partial charge in [-0.15, -0.1) is 0 Å². The van der Waals surface area contributed by atoms with Crippen LogP contribution >= 0.6 is 12.0 Å². The van der Waals surface area contributed by atoms with Crippen molar-refractivity contribution in [2.45, 2.75) is 4.75 Å². The third-order valence-corrected chi connectivity index (χ3v) is 6.14. The molecular formula is C27H22O3S. The Kier molecular flexibility index (Phi) is 6.82. The van der Waals surface area contributed by atoms with Crippen molar-refractivity contribution in [3.8, 4) is 0 Å². The average molecular weight is 427 g/mol. The molecule has 3 nitrogen and oxygen atoms in total. The standard InChI is InChI=1S/C27H22O3S/c28-26(22-13-5-1-6-14-22)29-21-30-31-27(23-15-7-2-8-16-23,24-17-9-3-10-18-24)25-19-11-4-12-20-25/h1-20H,21H2. The first-order valence-corrected chi connectivity index (χ1v) is 10.7. The van der Waals surface area contributed by atoms with Crippen molar-refractivity contribution < 1.29 is 13.7 Å².